The van der Waals surface area contributed by atoms with Crippen LogP contribution in [0, 0.1) is 0 Å². The predicted octanol–water partition coefficient (Wildman–Crippen LogP) is 4.91. The second kappa shape index (κ2) is 5.10. The number of halogens is 1. The molecule has 0 unspecified atom stereocenters. The molecule has 2 aromatic carbocycles. The van der Waals surface area contributed by atoms with Crippen LogP contribution in [-0.2, 0) is 13.0 Å². The van der Waals surface area contributed by atoms with Crippen LogP contribution in [0.1, 0.15) is 18.1 Å². The number of hydrogen-bond acceptors (Lipinski definition) is 0. The van der Waals surface area contributed by atoms with Crippen molar-refractivity contribution in [3.05, 3.63) is 70.9 Å². The molecule has 0 atom stereocenters. The number of rotatable bonds is 3. The van der Waals surface area contributed by atoms with Gasteiger partial charge in [0, 0.05) is 23.3 Å². The Bertz CT molecular complexity index is 695. The van der Waals surface area contributed by atoms with E-state index in [1.54, 1.807) is 0 Å². The second-order valence-corrected chi connectivity index (χ2v) is 5.25. The van der Waals surface area contributed by atoms with Crippen LogP contribution in [0.25, 0.3) is 10.9 Å². The largest absolute Gasteiger partial charge is 0.343 e. The van der Waals surface area contributed by atoms with Gasteiger partial charge in [0.1, 0.15) is 0 Å². The zero-order valence-corrected chi connectivity index (χ0v) is 11.7. The molecule has 0 spiro atoms. The highest BCUT2D eigenvalue weighted by atomic mass is 35.5. The number of aryl methyl sites for hydroxylation is 1. The Morgan fingerprint density at radius 3 is 2.42 bits per heavy atom. The van der Waals surface area contributed by atoms with Gasteiger partial charge >= 0.3 is 0 Å². The van der Waals surface area contributed by atoms with Crippen LogP contribution in [-0.4, -0.2) is 4.57 Å². The van der Waals surface area contributed by atoms with E-state index in [0.29, 0.717) is 0 Å². The molecule has 0 aliphatic carbocycles. The minimum absolute atomic E-state index is 0.786. The van der Waals surface area contributed by atoms with E-state index < -0.39 is 0 Å². The summed E-state index contributed by atoms with van der Waals surface area (Å²) < 4.78 is 2.24. The standard InChI is InChI=1S/C17H16ClN/c1-2-13-3-5-14(6-4-13)12-19-10-9-15-7-8-16(18)11-17(15)19/h3-11H,2,12H2,1H3. The first-order valence-electron chi connectivity index (χ1n) is 6.58. The van der Waals surface area contributed by atoms with E-state index in [1.807, 2.05) is 12.1 Å². The van der Waals surface area contributed by atoms with Crippen LogP contribution in [0.3, 0.4) is 0 Å². The maximum absolute atomic E-state index is 6.08. The molecule has 0 amide bonds. The number of nitrogens with zero attached hydrogens (tertiary/aromatic N) is 1. The summed E-state index contributed by atoms with van der Waals surface area (Å²) in [5.41, 5.74) is 3.88. The molecule has 3 rings (SSSR count). The van der Waals surface area contributed by atoms with Crippen LogP contribution < -0.4 is 0 Å². The van der Waals surface area contributed by atoms with Crippen LogP contribution in [0.4, 0.5) is 0 Å². The Morgan fingerprint density at radius 2 is 1.68 bits per heavy atom. The quantitative estimate of drug-likeness (QED) is 0.637. The normalized spacial score (nSPS) is 11.1. The fourth-order valence-electron chi connectivity index (χ4n) is 2.37. The molecule has 0 saturated carbocycles. The van der Waals surface area contributed by atoms with E-state index in [2.05, 4.69) is 54.1 Å². The van der Waals surface area contributed by atoms with Gasteiger partial charge in [-0.2, -0.15) is 0 Å². The van der Waals surface area contributed by atoms with Crippen molar-refractivity contribution in [2.24, 2.45) is 0 Å². The summed E-state index contributed by atoms with van der Waals surface area (Å²) >= 11 is 6.08. The first kappa shape index (κ1) is 12.3. The molecule has 19 heavy (non-hydrogen) atoms. The van der Waals surface area contributed by atoms with Crippen molar-refractivity contribution < 1.29 is 0 Å². The van der Waals surface area contributed by atoms with E-state index in [-0.39, 0.29) is 0 Å². The lowest BCUT2D eigenvalue weighted by molar-refractivity contribution is 0.836. The zero-order chi connectivity index (χ0) is 13.2. The SMILES string of the molecule is CCc1ccc(Cn2ccc3ccc(Cl)cc32)cc1. The van der Waals surface area contributed by atoms with E-state index in [0.717, 1.165) is 18.0 Å². The van der Waals surface area contributed by atoms with Gasteiger partial charge in [-0.3, -0.25) is 0 Å². The van der Waals surface area contributed by atoms with Gasteiger partial charge in [0.15, 0.2) is 0 Å². The molecule has 0 radical (unpaired) electrons. The van der Waals surface area contributed by atoms with Crippen molar-refractivity contribution in [2.45, 2.75) is 19.9 Å². The van der Waals surface area contributed by atoms with Gasteiger partial charge in [-0.25, -0.2) is 0 Å². The number of aromatic nitrogens is 1. The van der Waals surface area contributed by atoms with Crippen LogP contribution >= 0.6 is 11.6 Å². The van der Waals surface area contributed by atoms with Gasteiger partial charge in [-0.05, 0) is 41.1 Å². The lowest BCUT2D eigenvalue weighted by Crippen LogP contribution is -1.97. The Hall–Kier alpha value is -1.73. The molecule has 96 valence electrons. The predicted molar refractivity (Wildman–Crippen MR) is 81.9 cm³/mol. The highest BCUT2D eigenvalue weighted by Crippen LogP contribution is 2.21. The van der Waals surface area contributed by atoms with Crippen LogP contribution in [0.2, 0.25) is 5.02 Å². The molecular weight excluding hydrogens is 254 g/mol. The lowest BCUT2D eigenvalue weighted by Gasteiger charge is -2.07. The fourth-order valence-corrected chi connectivity index (χ4v) is 2.54. The molecule has 0 N–H and O–H groups in total. The van der Waals surface area contributed by atoms with Gasteiger partial charge in [-0.15, -0.1) is 0 Å². The summed E-state index contributed by atoms with van der Waals surface area (Å²) in [5.74, 6) is 0. The van der Waals surface area contributed by atoms with Crippen molar-refractivity contribution >= 4 is 22.5 Å². The Balaban J connectivity index is 1.93. The molecule has 0 aliphatic rings. The molecule has 0 saturated heterocycles. The fraction of sp³-hybridized carbons (Fsp3) is 0.176. The minimum atomic E-state index is 0.786. The molecule has 1 aromatic heterocycles. The summed E-state index contributed by atoms with van der Waals surface area (Å²) in [5, 5.41) is 2.02. The van der Waals surface area contributed by atoms with Crippen molar-refractivity contribution in [3.63, 3.8) is 0 Å². The van der Waals surface area contributed by atoms with Gasteiger partial charge in [-0.1, -0.05) is 48.9 Å². The average Bonchev–Trinajstić information content (AvgIpc) is 2.82. The highest BCUT2D eigenvalue weighted by molar-refractivity contribution is 6.31. The second-order valence-electron chi connectivity index (χ2n) is 4.82. The summed E-state index contributed by atoms with van der Waals surface area (Å²) in [6.07, 6.45) is 3.21. The molecule has 1 heterocycles. The Labute approximate surface area is 118 Å². The first-order valence-corrected chi connectivity index (χ1v) is 6.96. The van der Waals surface area contributed by atoms with Crippen LogP contribution in [0.5, 0.6) is 0 Å². The van der Waals surface area contributed by atoms with Gasteiger partial charge < -0.3 is 4.57 Å². The number of fused-ring (bicyclic) bond motifs is 1. The van der Waals surface area contributed by atoms with E-state index in [4.69, 9.17) is 11.6 Å². The molecule has 0 aliphatic heterocycles. The maximum atomic E-state index is 6.08. The third-order valence-electron chi connectivity index (χ3n) is 3.52. The van der Waals surface area contributed by atoms with Gasteiger partial charge in [0.25, 0.3) is 0 Å². The summed E-state index contributed by atoms with van der Waals surface area (Å²) in [6.45, 7) is 3.06. The monoisotopic (exact) mass is 269 g/mol. The molecule has 3 aromatic rings. The van der Waals surface area contributed by atoms with Crippen molar-refractivity contribution in [2.75, 3.05) is 0 Å². The number of benzene rings is 2. The van der Waals surface area contributed by atoms with E-state index in [9.17, 15) is 0 Å². The lowest BCUT2D eigenvalue weighted by atomic mass is 10.1. The number of hydrogen-bond donors (Lipinski definition) is 0. The topological polar surface area (TPSA) is 4.93 Å². The highest BCUT2D eigenvalue weighted by Gasteiger charge is 2.02. The van der Waals surface area contributed by atoms with E-state index in [1.165, 1.54) is 22.0 Å². The smallest absolute Gasteiger partial charge is 0.0498 e. The molecule has 2 heteroatoms. The maximum Gasteiger partial charge on any atom is 0.0498 e. The zero-order valence-electron chi connectivity index (χ0n) is 10.9. The third-order valence-corrected chi connectivity index (χ3v) is 3.76. The van der Waals surface area contributed by atoms with Gasteiger partial charge in [0.05, 0.1) is 0 Å². The van der Waals surface area contributed by atoms with Gasteiger partial charge in [0.2, 0.25) is 0 Å². The molecule has 1 nitrogen and oxygen atoms in total. The summed E-state index contributed by atoms with van der Waals surface area (Å²) in [4.78, 5) is 0. The van der Waals surface area contributed by atoms with Crippen molar-refractivity contribution in [3.8, 4) is 0 Å². The third kappa shape index (κ3) is 2.52. The van der Waals surface area contributed by atoms with Crippen LogP contribution in [0.15, 0.2) is 54.7 Å². The Morgan fingerprint density at radius 1 is 0.947 bits per heavy atom. The average molecular weight is 270 g/mol. The van der Waals surface area contributed by atoms with Crippen molar-refractivity contribution in [1.29, 1.82) is 0 Å². The summed E-state index contributed by atoms with van der Waals surface area (Å²) in [6, 6.07) is 17.0. The minimum Gasteiger partial charge on any atom is -0.343 e. The molecule has 0 bridgehead atoms. The summed E-state index contributed by atoms with van der Waals surface area (Å²) in [7, 11) is 0. The van der Waals surface area contributed by atoms with E-state index >= 15 is 0 Å². The Kier molecular flexibility index (Phi) is 3.31. The molecule has 0 fully saturated rings. The first-order chi connectivity index (χ1) is 9.26. The molecular formula is C17H16ClN. The van der Waals surface area contributed by atoms with Crippen molar-refractivity contribution in [1.82, 2.24) is 4.57 Å².